The first kappa shape index (κ1) is 26.1. The molecule has 1 rings (SSSR count). The zero-order valence-electron chi connectivity index (χ0n) is 19.7. The van der Waals surface area contributed by atoms with Gasteiger partial charge in [0.1, 0.15) is 5.60 Å². The second kappa shape index (κ2) is 12.1. The van der Waals surface area contributed by atoms with Gasteiger partial charge in [-0.3, -0.25) is 0 Å². The Morgan fingerprint density at radius 1 is 1.07 bits per heavy atom. The summed E-state index contributed by atoms with van der Waals surface area (Å²) in [7, 11) is 0. The molecular weight excluding hydrogens is 398 g/mol. The summed E-state index contributed by atoms with van der Waals surface area (Å²) in [5, 5.41) is 8.83. The number of carbonyl (C=O) groups excluding carboxylic acids is 2. The van der Waals surface area contributed by atoms with Crippen LogP contribution in [0.25, 0.3) is 0 Å². The van der Waals surface area contributed by atoms with E-state index in [9.17, 15) is 9.59 Å². The van der Waals surface area contributed by atoms with Crippen molar-refractivity contribution in [3.05, 3.63) is 29.3 Å². The van der Waals surface area contributed by atoms with Crippen molar-refractivity contribution in [2.75, 3.05) is 23.9 Å². The lowest BCUT2D eigenvalue weighted by atomic mass is 9.93. The fourth-order valence-electron chi connectivity index (χ4n) is 3.03. The normalized spacial score (nSPS) is 12.6. The van der Waals surface area contributed by atoms with E-state index in [-0.39, 0.29) is 12.1 Å². The lowest BCUT2D eigenvalue weighted by Gasteiger charge is -2.24. The molecule has 0 aromatic heterocycles. The summed E-state index contributed by atoms with van der Waals surface area (Å²) in [5.74, 6) is 1.46. The molecule has 0 unspecified atom stereocenters. The minimum atomic E-state index is -0.563. The molecule has 1 aromatic carbocycles. The monoisotopic (exact) mass is 437 g/mol. The summed E-state index contributed by atoms with van der Waals surface area (Å²) in [4.78, 5) is 24.8. The number of ether oxygens (including phenoxy) is 1. The van der Waals surface area contributed by atoms with Crippen LogP contribution < -0.4 is 16.0 Å². The van der Waals surface area contributed by atoms with E-state index in [2.05, 4.69) is 55.8 Å². The summed E-state index contributed by atoms with van der Waals surface area (Å²) in [6.07, 6.45) is 2.28. The molecule has 1 aromatic rings. The first-order valence-corrected chi connectivity index (χ1v) is 12.0. The van der Waals surface area contributed by atoms with Crippen molar-refractivity contribution in [1.82, 2.24) is 10.6 Å². The second-order valence-corrected chi connectivity index (χ2v) is 10.1. The van der Waals surface area contributed by atoms with Crippen molar-refractivity contribution in [2.24, 2.45) is 0 Å². The molecule has 0 radical (unpaired) electrons. The van der Waals surface area contributed by atoms with Gasteiger partial charge < -0.3 is 20.7 Å². The molecule has 0 saturated carbocycles. The zero-order valence-corrected chi connectivity index (χ0v) is 20.5. The van der Waals surface area contributed by atoms with E-state index in [4.69, 9.17) is 4.74 Å². The second-order valence-electron chi connectivity index (χ2n) is 9.08. The third kappa shape index (κ3) is 9.28. The standard InChI is InChI=1S/C23H39N3O3S/c1-15(2)18-10-9-11-19(16(3)4)20(18)26-21(27)24-14-17(12-13-30-8)25-22(28)29-23(5,6)7/h9-11,15-17H,12-14H2,1-8H3,(H,25,28)(H2,24,26,27)/t17-/m0/s1. The molecule has 0 saturated heterocycles. The van der Waals surface area contributed by atoms with E-state index < -0.39 is 11.7 Å². The van der Waals surface area contributed by atoms with Gasteiger partial charge in [-0.2, -0.15) is 11.8 Å². The molecule has 3 amide bonds. The smallest absolute Gasteiger partial charge is 0.407 e. The van der Waals surface area contributed by atoms with Crippen molar-refractivity contribution >= 4 is 29.6 Å². The maximum absolute atomic E-state index is 12.7. The highest BCUT2D eigenvalue weighted by Crippen LogP contribution is 2.32. The average Bonchev–Trinajstić information content (AvgIpc) is 2.62. The minimum Gasteiger partial charge on any atom is -0.444 e. The van der Waals surface area contributed by atoms with Crippen LogP contribution >= 0.6 is 11.8 Å². The van der Waals surface area contributed by atoms with Crippen LogP contribution in [0.15, 0.2) is 18.2 Å². The van der Waals surface area contributed by atoms with Crippen LogP contribution in [0, 0.1) is 0 Å². The third-order valence-electron chi connectivity index (χ3n) is 4.51. The molecule has 0 fully saturated rings. The van der Waals surface area contributed by atoms with E-state index in [1.54, 1.807) is 11.8 Å². The maximum atomic E-state index is 12.7. The number of hydrogen-bond acceptors (Lipinski definition) is 4. The Labute approximate surface area is 186 Å². The summed E-state index contributed by atoms with van der Waals surface area (Å²) in [6, 6.07) is 5.67. The minimum absolute atomic E-state index is 0.206. The van der Waals surface area contributed by atoms with E-state index in [1.165, 1.54) is 0 Å². The Bertz CT molecular complexity index is 673. The molecule has 6 nitrogen and oxygen atoms in total. The number of urea groups is 1. The van der Waals surface area contributed by atoms with E-state index in [0.717, 1.165) is 29.0 Å². The van der Waals surface area contributed by atoms with Gasteiger partial charge in [0.25, 0.3) is 0 Å². The van der Waals surface area contributed by atoms with Crippen LogP contribution in [0.3, 0.4) is 0 Å². The SMILES string of the molecule is CSCC[C@@H](CNC(=O)Nc1c(C(C)C)cccc1C(C)C)NC(=O)OC(C)(C)C. The molecule has 1 atom stereocenters. The molecule has 0 bridgehead atoms. The number of benzene rings is 1. The molecule has 0 aliphatic carbocycles. The predicted molar refractivity (Wildman–Crippen MR) is 128 cm³/mol. The van der Waals surface area contributed by atoms with Gasteiger partial charge in [-0.05, 0) is 62.2 Å². The number of para-hydroxylation sites is 1. The molecule has 170 valence electrons. The molecule has 0 aliphatic heterocycles. The highest BCUT2D eigenvalue weighted by Gasteiger charge is 2.21. The third-order valence-corrected chi connectivity index (χ3v) is 5.16. The number of hydrogen-bond donors (Lipinski definition) is 3. The summed E-state index contributed by atoms with van der Waals surface area (Å²) in [5.41, 5.74) is 2.54. The Hall–Kier alpha value is -1.89. The summed E-state index contributed by atoms with van der Waals surface area (Å²) >= 11 is 1.70. The maximum Gasteiger partial charge on any atom is 0.407 e. The van der Waals surface area contributed by atoms with Crippen LogP contribution in [0.1, 0.15) is 77.8 Å². The highest BCUT2D eigenvalue weighted by atomic mass is 32.2. The van der Waals surface area contributed by atoms with Gasteiger partial charge in [0.05, 0.1) is 6.04 Å². The highest BCUT2D eigenvalue weighted by molar-refractivity contribution is 7.98. The number of thioether (sulfide) groups is 1. The van der Waals surface area contributed by atoms with Crippen LogP contribution in [-0.2, 0) is 4.74 Å². The summed E-state index contributed by atoms with van der Waals surface area (Å²) in [6.45, 7) is 14.3. The van der Waals surface area contributed by atoms with Crippen molar-refractivity contribution in [3.8, 4) is 0 Å². The average molecular weight is 438 g/mol. The number of carbonyl (C=O) groups is 2. The van der Waals surface area contributed by atoms with Gasteiger partial charge in [0.15, 0.2) is 0 Å². The Balaban J connectivity index is 2.82. The van der Waals surface area contributed by atoms with Gasteiger partial charge in [-0.25, -0.2) is 9.59 Å². The quantitative estimate of drug-likeness (QED) is 0.463. The van der Waals surface area contributed by atoms with Crippen molar-refractivity contribution < 1.29 is 14.3 Å². The number of nitrogens with one attached hydrogen (secondary N) is 3. The van der Waals surface area contributed by atoms with Crippen molar-refractivity contribution in [2.45, 2.75) is 78.4 Å². The van der Waals surface area contributed by atoms with Crippen molar-refractivity contribution in [1.29, 1.82) is 0 Å². The van der Waals surface area contributed by atoms with Crippen LogP contribution in [0.2, 0.25) is 0 Å². The molecule has 30 heavy (non-hydrogen) atoms. The van der Waals surface area contributed by atoms with E-state index in [1.807, 2.05) is 33.1 Å². The molecule has 0 heterocycles. The largest absolute Gasteiger partial charge is 0.444 e. The van der Waals surface area contributed by atoms with Crippen molar-refractivity contribution in [3.63, 3.8) is 0 Å². The molecule has 0 aliphatic rings. The fraction of sp³-hybridized carbons (Fsp3) is 0.652. The number of rotatable bonds is 9. The number of alkyl carbamates (subject to hydrolysis) is 1. The molecule has 0 spiro atoms. The molecular formula is C23H39N3O3S. The number of amides is 3. The van der Waals surface area contributed by atoms with Crippen LogP contribution in [-0.4, -0.2) is 42.3 Å². The van der Waals surface area contributed by atoms with Gasteiger partial charge in [0, 0.05) is 12.2 Å². The predicted octanol–water partition coefficient (Wildman–Crippen LogP) is 5.70. The first-order chi connectivity index (χ1) is 13.9. The Morgan fingerprint density at radius 2 is 1.63 bits per heavy atom. The fourth-order valence-corrected chi connectivity index (χ4v) is 3.55. The first-order valence-electron chi connectivity index (χ1n) is 10.6. The van der Waals surface area contributed by atoms with Gasteiger partial charge in [-0.1, -0.05) is 45.9 Å². The molecule has 7 heteroatoms. The Kier molecular flexibility index (Phi) is 10.5. The van der Waals surface area contributed by atoms with Gasteiger partial charge in [0.2, 0.25) is 0 Å². The van der Waals surface area contributed by atoms with Gasteiger partial charge >= 0.3 is 12.1 Å². The lowest BCUT2D eigenvalue weighted by molar-refractivity contribution is 0.0503. The van der Waals surface area contributed by atoms with E-state index in [0.29, 0.717) is 18.4 Å². The topological polar surface area (TPSA) is 79.5 Å². The van der Waals surface area contributed by atoms with Gasteiger partial charge in [-0.15, -0.1) is 0 Å². The Morgan fingerprint density at radius 3 is 2.10 bits per heavy atom. The van der Waals surface area contributed by atoms with Crippen LogP contribution in [0.5, 0.6) is 0 Å². The van der Waals surface area contributed by atoms with Crippen LogP contribution in [0.4, 0.5) is 15.3 Å². The summed E-state index contributed by atoms with van der Waals surface area (Å²) < 4.78 is 5.35. The molecule has 3 N–H and O–H groups in total. The van der Waals surface area contributed by atoms with E-state index >= 15 is 0 Å². The lowest BCUT2D eigenvalue weighted by Crippen LogP contribution is -2.46. The zero-order chi connectivity index (χ0) is 22.9. The number of anilines is 1.